The van der Waals surface area contributed by atoms with Crippen LogP contribution in [-0.2, 0) is 10.9 Å². The molecule has 1 aliphatic heterocycles. The van der Waals surface area contributed by atoms with Crippen molar-refractivity contribution in [1.82, 2.24) is 35.0 Å². The molecule has 0 radical (unpaired) electrons. The first-order valence-corrected chi connectivity index (χ1v) is 12.4. The van der Waals surface area contributed by atoms with E-state index >= 15 is 0 Å². The molecule has 1 aliphatic rings. The highest BCUT2D eigenvalue weighted by Crippen LogP contribution is 2.39. The minimum absolute atomic E-state index is 0.125. The first kappa shape index (κ1) is 27.3. The Balaban J connectivity index is 1.47. The first-order valence-electron chi connectivity index (χ1n) is 12.4. The summed E-state index contributed by atoms with van der Waals surface area (Å²) in [7, 11) is 0. The number of alkyl halides is 3. The molecule has 0 aliphatic carbocycles. The number of rotatable bonds is 4. The maximum atomic E-state index is 14.0. The monoisotopic (exact) mass is 560 g/mol. The van der Waals surface area contributed by atoms with Gasteiger partial charge in [-0.25, -0.2) is 19.7 Å². The Hall–Kier alpha value is -4.27. The third kappa shape index (κ3) is 5.68. The van der Waals surface area contributed by atoms with Crippen molar-refractivity contribution in [3.63, 3.8) is 0 Å². The summed E-state index contributed by atoms with van der Waals surface area (Å²) in [6.07, 6.45) is -2.72. The topological polar surface area (TPSA) is 155 Å². The van der Waals surface area contributed by atoms with Gasteiger partial charge >= 0.3 is 12.3 Å². The standard InChI is InChI=1S/C25H27F3N8O4/c1-13-31-20(40-35-13)17-7-6-14-15(10-29-19(14)32-17)18-16(25(26,27)28)11-30-21(33-18)34-24(38)8-5-9-36(12-24)22(37)39-23(2,3)4/h6-7,10-11,38H,5,8-9,12H2,1-4H3,(H,29,32)(H,30,33,34)/t24-/m0/s1. The highest BCUT2D eigenvalue weighted by atomic mass is 19.4. The van der Waals surface area contributed by atoms with Crippen molar-refractivity contribution in [3.05, 3.63) is 35.9 Å². The van der Waals surface area contributed by atoms with Gasteiger partial charge in [0.1, 0.15) is 22.5 Å². The molecule has 5 rings (SSSR count). The van der Waals surface area contributed by atoms with Crippen LogP contribution in [0.2, 0.25) is 0 Å². The summed E-state index contributed by atoms with van der Waals surface area (Å²) < 4.78 is 52.5. The van der Waals surface area contributed by atoms with Crippen LogP contribution in [0.15, 0.2) is 29.0 Å². The summed E-state index contributed by atoms with van der Waals surface area (Å²) in [5, 5.41) is 18.0. The Labute approximate surface area is 226 Å². The van der Waals surface area contributed by atoms with E-state index in [2.05, 4.69) is 35.4 Å². The van der Waals surface area contributed by atoms with Gasteiger partial charge in [0.2, 0.25) is 5.95 Å². The molecule has 1 amide bonds. The van der Waals surface area contributed by atoms with Crippen LogP contribution in [0.5, 0.6) is 0 Å². The lowest BCUT2D eigenvalue weighted by Gasteiger charge is -2.39. The van der Waals surface area contributed by atoms with Gasteiger partial charge in [-0.1, -0.05) is 5.16 Å². The number of anilines is 1. The van der Waals surface area contributed by atoms with Gasteiger partial charge in [-0.15, -0.1) is 0 Å². The summed E-state index contributed by atoms with van der Waals surface area (Å²) >= 11 is 0. The van der Waals surface area contributed by atoms with Crippen molar-refractivity contribution in [2.24, 2.45) is 0 Å². The zero-order chi connectivity index (χ0) is 28.9. The summed E-state index contributed by atoms with van der Waals surface area (Å²) in [6, 6.07) is 3.13. The molecule has 40 heavy (non-hydrogen) atoms. The molecule has 0 saturated carbocycles. The molecule has 12 nitrogen and oxygen atoms in total. The van der Waals surface area contributed by atoms with Gasteiger partial charge < -0.3 is 29.6 Å². The number of halogens is 3. The van der Waals surface area contributed by atoms with Crippen LogP contribution in [-0.4, -0.2) is 70.6 Å². The van der Waals surface area contributed by atoms with Crippen LogP contribution >= 0.6 is 0 Å². The fourth-order valence-corrected chi connectivity index (χ4v) is 4.40. The number of amides is 1. The lowest BCUT2D eigenvalue weighted by atomic mass is 10.0. The molecule has 212 valence electrons. The molecule has 0 unspecified atom stereocenters. The van der Waals surface area contributed by atoms with Crippen LogP contribution in [0.3, 0.4) is 0 Å². The van der Waals surface area contributed by atoms with Crippen LogP contribution in [0.1, 0.15) is 45.0 Å². The number of pyridine rings is 1. The minimum atomic E-state index is -4.76. The van der Waals surface area contributed by atoms with Crippen LogP contribution in [0.25, 0.3) is 33.9 Å². The molecule has 0 aromatic carbocycles. The number of aromatic nitrogens is 6. The summed E-state index contributed by atoms with van der Waals surface area (Å²) in [5.74, 6) is 0.340. The number of aliphatic hydroxyl groups is 1. The fraction of sp³-hybridized carbons (Fsp3) is 0.440. The number of β-amino-alcohol motifs (C(OH)–C–C–N with tert-alkyl or cyclic N) is 1. The van der Waals surface area contributed by atoms with Crippen LogP contribution < -0.4 is 5.32 Å². The quantitative estimate of drug-likeness (QED) is 0.303. The van der Waals surface area contributed by atoms with Gasteiger partial charge in [-0.2, -0.15) is 18.2 Å². The van der Waals surface area contributed by atoms with Crippen molar-refractivity contribution >= 4 is 23.1 Å². The average Bonchev–Trinajstić information content (AvgIpc) is 3.47. The van der Waals surface area contributed by atoms with Gasteiger partial charge in [0.15, 0.2) is 11.5 Å². The number of hydrogen-bond acceptors (Lipinski definition) is 10. The average molecular weight is 561 g/mol. The van der Waals surface area contributed by atoms with Gasteiger partial charge in [-0.05, 0) is 52.7 Å². The zero-order valence-electron chi connectivity index (χ0n) is 22.1. The van der Waals surface area contributed by atoms with Crippen molar-refractivity contribution < 1.29 is 32.3 Å². The van der Waals surface area contributed by atoms with Crippen LogP contribution in [0, 0.1) is 6.92 Å². The van der Waals surface area contributed by atoms with Gasteiger partial charge in [0.05, 0.1) is 12.2 Å². The third-order valence-corrected chi connectivity index (χ3v) is 6.10. The maximum Gasteiger partial charge on any atom is 0.419 e. The number of H-pyrrole nitrogens is 1. The predicted octanol–water partition coefficient (Wildman–Crippen LogP) is 4.53. The number of piperidine rings is 1. The Kier molecular flexibility index (Phi) is 6.64. The van der Waals surface area contributed by atoms with E-state index in [0.717, 1.165) is 0 Å². The Morgan fingerprint density at radius 3 is 2.67 bits per heavy atom. The van der Waals surface area contributed by atoms with E-state index in [4.69, 9.17) is 9.26 Å². The molecule has 15 heteroatoms. The highest BCUT2D eigenvalue weighted by Gasteiger charge is 2.39. The van der Waals surface area contributed by atoms with Crippen LogP contribution in [0.4, 0.5) is 23.9 Å². The number of likely N-dealkylation sites (tertiary alicyclic amines) is 1. The number of hydrogen-bond donors (Lipinski definition) is 3. The van der Waals surface area contributed by atoms with Crippen molar-refractivity contribution in [2.45, 2.75) is 58.0 Å². The second kappa shape index (κ2) is 9.73. The van der Waals surface area contributed by atoms with Crippen molar-refractivity contribution in [2.75, 3.05) is 18.4 Å². The van der Waals surface area contributed by atoms with Crippen molar-refractivity contribution in [1.29, 1.82) is 0 Å². The molecule has 1 atom stereocenters. The summed E-state index contributed by atoms with van der Waals surface area (Å²) in [4.78, 5) is 33.2. The predicted molar refractivity (Wildman–Crippen MR) is 136 cm³/mol. The molecular weight excluding hydrogens is 533 g/mol. The van der Waals surface area contributed by atoms with Gasteiger partial charge in [0.25, 0.3) is 5.89 Å². The molecular formula is C25H27F3N8O4. The normalized spacial score (nSPS) is 18.2. The van der Waals surface area contributed by atoms with E-state index in [1.165, 1.54) is 11.1 Å². The zero-order valence-corrected chi connectivity index (χ0v) is 22.1. The van der Waals surface area contributed by atoms with E-state index in [9.17, 15) is 23.1 Å². The number of nitrogens with zero attached hydrogens (tertiary/aromatic N) is 6. The second-order valence-corrected chi connectivity index (χ2v) is 10.6. The third-order valence-electron chi connectivity index (χ3n) is 6.10. The van der Waals surface area contributed by atoms with Crippen molar-refractivity contribution in [3.8, 4) is 22.8 Å². The number of carbonyl (C=O) groups excluding carboxylic acids is 1. The van der Waals surface area contributed by atoms with E-state index in [1.54, 1.807) is 39.8 Å². The minimum Gasteiger partial charge on any atom is -0.444 e. The maximum absolute atomic E-state index is 14.0. The molecule has 4 aromatic rings. The molecule has 4 aromatic heterocycles. The SMILES string of the molecule is Cc1noc(-c2ccc3c(-c4nc(N[C@]5(O)CCCN(C(=O)OC(C)(C)C)C5)ncc4C(F)(F)F)c[nH]c3n2)n1. The number of nitrogens with one attached hydrogen (secondary N) is 2. The number of aryl methyl sites for hydroxylation is 1. The Bertz CT molecular complexity index is 1560. The largest absolute Gasteiger partial charge is 0.444 e. The lowest BCUT2D eigenvalue weighted by Crippen LogP contribution is -2.55. The smallest absolute Gasteiger partial charge is 0.419 e. The molecule has 0 bridgehead atoms. The van der Waals surface area contributed by atoms with Gasteiger partial charge in [0, 0.05) is 29.9 Å². The number of aromatic amines is 1. The number of ether oxygens (including phenoxy) is 1. The van der Waals surface area contributed by atoms with E-state index < -0.39 is 34.9 Å². The number of carbonyl (C=O) groups is 1. The van der Waals surface area contributed by atoms with E-state index in [0.29, 0.717) is 36.1 Å². The molecule has 0 spiro atoms. The summed E-state index contributed by atoms with van der Waals surface area (Å²) in [6.45, 7) is 7.01. The Morgan fingerprint density at radius 1 is 1.23 bits per heavy atom. The molecule has 1 saturated heterocycles. The first-order chi connectivity index (χ1) is 18.7. The fourth-order valence-electron chi connectivity index (χ4n) is 4.40. The highest BCUT2D eigenvalue weighted by molar-refractivity contribution is 5.94. The molecule has 1 fully saturated rings. The van der Waals surface area contributed by atoms with E-state index in [1.807, 2.05) is 0 Å². The number of fused-ring (bicyclic) bond motifs is 1. The summed E-state index contributed by atoms with van der Waals surface area (Å²) in [5.41, 5.74) is -3.15. The Morgan fingerprint density at radius 2 is 2.00 bits per heavy atom. The lowest BCUT2D eigenvalue weighted by molar-refractivity contribution is -0.137. The van der Waals surface area contributed by atoms with Gasteiger partial charge in [-0.3, -0.25) is 0 Å². The second-order valence-electron chi connectivity index (χ2n) is 10.6. The molecule has 3 N–H and O–H groups in total. The van der Waals surface area contributed by atoms with E-state index in [-0.39, 0.29) is 36.0 Å². The molecule has 5 heterocycles.